The molecule has 0 spiro atoms. The minimum Gasteiger partial charge on any atom is -0.398 e. The second-order valence-corrected chi connectivity index (χ2v) is 4.55. The van der Waals surface area contributed by atoms with Crippen LogP contribution in [-0.4, -0.2) is 4.98 Å². The van der Waals surface area contributed by atoms with Crippen molar-refractivity contribution in [1.82, 2.24) is 4.98 Å². The first-order chi connectivity index (χ1) is 8.25. The van der Waals surface area contributed by atoms with Crippen LogP contribution in [0.15, 0.2) is 51.1 Å². The van der Waals surface area contributed by atoms with Crippen LogP contribution < -0.4 is 16.4 Å². The Morgan fingerprint density at radius 2 is 2.06 bits per heavy atom. The van der Waals surface area contributed by atoms with E-state index in [-0.39, 0.29) is 6.17 Å². The Bertz CT molecular complexity index is 682. The Hall–Kier alpha value is -1.75. The number of nitrogens with two attached hydrogens (primary N) is 1. The molecule has 0 bridgehead atoms. The van der Waals surface area contributed by atoms with Crippen LogP contribution in [0.5, 0.6) is 0 Å². The van der Waals surface area contributed by atoms with E-state index in [1.165, 1.54) is 0 Å². The molecule has 0 radical (unpaired) electrons. The third-order valence-corrected chi connectivity index (χ3v) is 3.45. The van der Waals surface area contributed by atoms with Gasteiger partial charge in [-0.2, -0.15) is 0 Å². The van der Waals surface area contributed by atoms with Gasteiger partial charge in [-0.3, -0.25) is 15.0 Å². The van der Waals surface area contributed by atoms with Crippen molar-refractivity contribution < 1.29 is 0 Å². The predicted molar refractivity (Wildman–Crippen MR) is 67.8 cm³/mol. The highest BCUT2D eigenvalue weighted by molar-refractivity contribution is 9.10. The van der Waals surface area contributed by atoms with Crippen LogP contribution in [0, 0.1) is 0 Å². The lowest BCUT2D eigenvalue weighted by Gasteiger charge is -2.01. The summed E-state index contributed by atoms with van der Waals surface area (Å²) in [6.07, 6.45) is 3.30. The van der Waals surface area contributed by atoms with Gasteiger partial charge in [0, 0.05) is 23.6 Å². The Balaban J connectivity index is 2.17. The summed E-state index contributed by atoms with van der Waals surface area (Å²) in [6.45, 7) is 0. The summed E-state index contributed by atoms with van der Waals surface area (Å²) in [6, 6.07) is 7.56. The van der Waals surface area contributed by atoms with E-state index in [9.17, 15) is 0 Å². The number of aromatic nitrogens is 1. The number of nitrogens with zero attached hydrogens (tertiary/aromatic N) is 3. The van der Waals surface area contributed by atoms with Crippen molar-refractivity contribution in [2.75, 3.05) is 5.73 Å². The van der Waals surface area contributed by atoms with Crippen molar-refractivity contribution in [2.24, 2.45) is 9.98 Å². The quantitative estimate of drug-likeness (QED) is 0.806. The number of anilines is 1. The highest BCUT2D eigenvalue weighted by Crippen LogP contribution is 2.20. The Kier molecular flexibility index (Phi) is 2.40. The zero-order chi connectivity index (χ0) is 11.8. The summed E-state index contributed by atoms with van der Waals surface area (Å²) < 4.78 is 0.810. The third-order valence-electron chi connectivity index (χ3n) is 2.62. The lowest BCUT2D eigenvalue weighted by atomic mass is 10.2. The standard InChI is InChI=1S/C12H9BrN4/c13-10-8(14)3-4-9-11(10)17-12(16-9)7-2-1-5-15-6-7/h1-6,12H,14H2/t12-/m1/s1. The monoisotopic (exact) mass is 288 g/mol. The molecule has 2 heterocycles. The SMILES string of the molecule is Nc1ccc2c(c1Br)=N[C@H](c1cccnc1)N=2. The van der Waals surface area contributed by atoms with Crippen molar-refractivity contribution in [3.8, 4) is 0 Å². The number of nitrogen functional groups attached to an aromatic ring is 1. The molecular weight excluding hydrogens is 280 g/mol. The van der Waals surface area contributed by atoms with Crippen LogP contribution in [0.4, 0.5) is 5.69 Å². The normalized spacial score (nSPS) is 17.1. The fraction of sp³-hybridized carbons (Fsp3) is 0.0833. The van der Waals surface area contributed by atoms with E-state index in [4.69, 9.17) is 5.73 Å². The molecule has 0 aliphatic carbocycles. The molecule has 3 rings (SSSR count). The van der Waals surface area contributed by atoms with Crippen molar-refractivity contribution in [1.29, 1.82) is 0 Å². The fourth-order valence-corrected chi connectivity index (χ4v) is 2.20. The van der Waals surface area contributed by atoms with Gasteiger partial charge < -0.3 is 5.73 Å². The van der Waals surface area contributed by atoms with Crippen LogP contribution in [0.2, 0.25) is 0 Å². The molecule has 17 heavy (non-hydrogen) atoms. The molecule has 1 aliphatic rings. The molecule has 0 unspecified atom stereocenters. The maximum atomic E-state index is 5.82. The lowest BCUT2D eigenvalue weighted by molar-refractivity contribution is 0.766. The number of pyridine rings is 1. The molecule has 1 aliphatic heterocycles. The van der Waals surface area contributed by atoms with Crippen LogP contribution in [0.3, 0.4) is 0 Å². The largest absolute Gasteiger partial charge is 0.398 e. The molecule has 0 saturated carbocycles. The lowest BCUT2D eigenvalue weighted by Crippen LogP contribution is -2.23. The predicted octanol–water partition coefficient (Wildman–Crippen LogP) is 1.38. The Morgan fingerprint density at radius 1 is 1.18 bits per heavy atom. The van der Waals surface area contributed by atoms with Gasteiger partial charge in [-0.15, -0.1) is 0 Å². The van der Waals surface area contributed by atoms with Gasteiger partial charge in [0.1, 0.15) is 5.36 Å². The van der Waals surface area contributed by atoms with Crippen LogP contribution in [-0.2, 0) is 0 Å². The van der Waals surface area contributed by atoms with Gasteiger partial charge in [-0.25, -0.2) is 0 Å². The number of benzene rings is 1. The molecule has 1 aromatic heterocycles. The van der Waals surface area contributed by atoms with E-state index in [2.05, 4.69) is 30.9 Å². The summed E-state index contributed by atoms with van der Waals surface area (Å²) in [5.74, 6) is 0. The van der Waals surface area contributed by atoms with Crippen molar-refractivity contribution in [2.45, 2.75) is 6.17 Å². The highest BCUT2D eigenvalue weighted by Gasteiger charge is 2.14. The number of hydrogen-bond donors (Lipinski definition) is 1. The first-order valence-corrected chi connectivity index (χ1v) is 5.94. The summed E-state index contributed by atoms with van der Waals surface area (Å²) in [5.41, 5.74) is 7.47. The number of rotatable bonds is 1. The molecule has 84 valence electrons. The molecule has 4 nitrogen and oxygen atoms in total. The third kappa shape index (κ3) is 1.72. The Morgan fingerprint density at radius 3 is 2.82 bits per heavy atom. The van der Waals surface area contributed by atoms with Gasteiger partial charge >= 0.3 is 0 Å². The zero-order valence-corrected chi connectivity index (χ0v) is 10.4. The van der Waals surface area contributed by atoms with E-state index in [1.54, 1.807) is 12.4 Å². The number of fused-ring (bicyclic) bond motifs is 1. The van der Waals surface area contributed by atoms with Crippen LogP contribution >= 0.6 is 15.9 Å². The second kappa shape index (κ2) is 3.92. The smallest absolute Gasteiger partial charge is 0.168 e. The zero-order valence-electron chi connectivity index (χ0n) is 8.84. The number of hydrogen-bond acceptors (Lipinski definition) is 4. The fourth-order valence-electron chi connectivity index (χ4n) is 1.76. The molecule has 0 saturated heterocycles. The first kappa shape index (κ1) is 10.4. The molecule has 1 atom stereocenters. The molecule has 0 fully saturated rings. The molecule has 2 N–H and O–H groups in total. The molecule has 0 amide bonds. The second-order valence-electron chi connectivity index (χ2n) is 3.75. The average molecular weight is 289 g/mol. The van der Waals surface area contributed by atoms with Gasteiger partial charge in [0.2, 0.25) is 0 Å². The first-order valence-electron chi connectivity index (χ1n) is 5.15. The van der Waals surface area contributed by atoms with E-state index < -0.39 is 0 Å². The van der Waals surface area contributed by atoms with Gasteiger partial charge in [0.25, 0.3) is 0 Å². The Labute approximate surface area is 106 Å². The minimum atomic E-state index is -0.211. The van der Waals surface area contributed by atoms with E-state index >= 15 is 0 Å². The van der Waals surface area contributed by atoms with Crippen LogP contribution in [0.1, 0.15) is 11.7 Å². The van der Waals surface area contributed by atoms with Gasteiger partial charge in [0.05, 0.1) is 9.83 Å². The summed E-state index contributed by atoms with van der Waals surface area (Å²) in [5, 5.41) is 1.68. The topological polar surface area (TPSA) is 63.6 Å². The van der Waals surface area contributed by atoms with Crippen LogP contribution in [0.25, 0.3) is 0 Å². The summed E-state index contributed by atoms with van der Waals surface area (Å²) in [7, 11) is 0. The molecule has 5 heteroatoms. The van der Waals surface area contributed by atoms with E-state index in [1.807, 2.05) is 24.3 Å². The minimum absolute atomic E-state index is 0.211. The van der Waals surface area contributed by atoms with Gasteiger partial charge in [-0.05, 0) is 34.1 Å². The maximum absolute atomic E-state index is 5.82. The molecule has 1 aromatic carbocycles. The highest BCUT2D eigenvalue weighted by atomic mass is 79.9. The van der Waals surface area contributed by atoms with Gasteiger partial charge in [-0.1, -0.05) is 6.07 Å². The van der Waals surface area contributed by atoms with Crippen molar-refractivity contribution in [3.63, 3.8) is 0 Å². The van der Waals surface area contributed by atoms with E-state index in [0.29, 0.717) is 5.69 Å². The van der Waals surface area contributed by atoms with Crippen molar-refractivity contribution in [3.05, 3.63) is 57.4 Å². The van der Waals surface area contributed by atoms with E-state index in [0.717, 1.165) is 20.8 Å². The average Bonchev–Trinajstić information content (AvgIpc) is 2.80. The van der Waals surface area contributed by atoms with Gasteiger partial charge in [0.15, 0.2) is 6.17 Å². The summed E-state index contributed by atoms with van der Waals surface area (Å²) >= 11 is 3.44. The van der Waals surface area contributed by atoms with Crippen molar-refractivity contribution >= 4 is 21.6 Å². The molecular formula is C12H9BrN4. The molecule has 2 aromatic rings. The summed E-state index contributed by atoms with van der Waals surface area (Å²) in [4.78, 5) is 13.2. The number of halogens is 1. The maximum Gasteiger partial charge on any atom is 0.168 e.